The zero-order valence-corrected chi connectivity index (χ0v) is 17.1. The third-order valence-corrected chi connectivity index (χ3v) is 5.48. The number of amides is 1. The Bertz CT molecular complexity index is 1050. The Hall–Kier alpha value is -3.56. The number of nitrogens with one attached hydrogen (secondary N) is 1. The maximum atomic E-state index is 12.9. The van der Waals surface area contributed by atoms with Crippen LogP contribution in [0.15, 0.2) is 89.8 Å². The topological polar surface area (TPSA) is 79.2 Å². The molecule has 2 atom stereocenters. The highest BCUT2D eigenvalue weighted by Crippen LogP contribution is 2.36. The molecule has 150 valence electrons. The number of carbonyl (C=O) groups is 2. The standard InChI is InChI=1S/C24H20N2O3S/c1-17(23(27)26-20-12-8-9-18(15-20)16-25)29-24(28)22(19-10-4-2-5-11-19)30-21-13-6-3-7-14-21/h2-15,17,22H,1H3,(H,26,27)/t17-,22+/m1/s1. The van der Waals surface area contributed by atoms with Crippen molar-refractivity contribution < 1.29 is 14.3 Å². The van der Waals surface area contributed by atoms with Crippen molar-refractivity contribution in [3.63, 3.8) is 0 Å². The molecule has 0 unspecified atom stereocenters. The van der Waals surface area contributed by atoms with Crippen molar-refractivity contribution >= 4 is 29.3 Å². The largest absolute Gasteiger partial charge is 0.451 e. The molecule has 3 aromatic carbocycles. The first kappa shape index (κ1) is 21.2. The van der Waals surface area contributed by atoms with Gasteiger partial charge in [0.05, 0.1) is 11.6 Å². The first-order valence-corrected chi connectivity index (χ1v) is 10.2. The van der Waals surface area contributed by atoms with E-state index < -0.39 is 23.2 Å². The molecule has 0 bridgehead atoms. The van der Waals surface area contributed by atoms with E-state index in [1.807, 2.05) is 66.7 Å². The number of ether oxygens (including phenoxy) is 1. The Morgan fingerprint density at radius 3 is 2.30 bits per heavy atom. The van der Waals surface area contributed by atoms with Crippen LogP contribution in [-0.4, -0.2) is 18.0 Å². The van der Waals surface area contributed by atoms with Gasteiger partial charge in [0, 0.05) is 10.6 Å². The zero-order chi connectivity index (χ0) is 21.3. The highest BCUT2D eigenvalue weighted by molar-refractivity contribution is 8.00. The van der Waals surface area contributed by atoms with Gasteiger partial charge in [-0.05, 0) is 42.8 Å². The quantitative estimate of drug-likeness (QED) is 0.435. The molecule has 6 heteroatoms. The van der Waals surface area contributed by atoms with E-state index in [1.54, 1.807) is 24.3 Å². The third kappa shape index (κ3) is 5.72. The van der Waals surface area contributed by atoms with Crippen LogP contribution in [0.4, 0.5) is 5.69 Å². The monoisotopic (exact) mass is 416 g/mol. The third-order valence-electron chi connectivity index (χ3n) is 4.23. The van der Waals surface area contributed by atoms with Crippen LogP contribution in [0.5, 0.6) is 0 Å². The average Bonchev–Trinajstić information content (AvgIpc) is 2.78. The van der Waals surface area contributed by atoms with Crippen LogP contribution in [0.3, 0.4) is 0 Å². The number of hydrogen-bond donors (Lipinski definition) is 1. The number of thioether (sulfide) groups is 1. The van der Waals surface area contributed by atoms with Crippen LogP contribution in [0, 0.1) is 11.3 Å². The number of rotatable bonds is 7. The van der Waals surface area contributed by atoms with Gasteiger partial charge in [0.15, 0.2) is 6.10 Å². The van der Waals surface area contributed by atoms with Crippen LogP contribution in [0.1, 0.15) is 23.3 Å². The molecular weight excluding hydrogens is 396 g/mol. The maximum absolute atomic E-state index is 12.9. The molecule has 30 heavy (non-hydrogen) atoms. The predicted octanol–water partition coefficient (Wildman–Crippen LogP) is 4.96. The Labute approximate surface area is 179 Å². The number of benzene rings is 3. The Morgan fingerprint density at radius 2 is 1.63 bits per heavy atom. The minimum atomic E-state index is -0.995. The smallest absolute Gasteiger partial charge is 0.324 e. The second-order valence-corrected chi connectivity index (χ2v) is 7.66. The van der Waals surface area contributed by atoms with Gasteiger partial charge in [0.2, 0.25) is 0 Å². The first-order chi connectivity index (χ1) is 14.6. The van der Waals surface area contributed by atoms with Crippen molar-refractivity contribution in [3.05, 3.63) is 96.1 Å². The van der Waals surface area contributed by atoms with Crippen molar-refractivity contribution in [2.75, 3.05) is 5.32 Å². The van der Waals surface area contributed by atoms with Gasteiger partial charge in [-0.15, -0.1) is 11.8 Å². The first-order valence-electron chi connectivity index (χ1n) is 9.35. The summed E-state index contributed by atoms with van der Waals surface area (Å²) < 4.78 is 5.49. The fourth-order valence-corrected chi connectivity index (χ4v) is 3.75. The summed E-state index contributed by atoms with van der Waals surface area (Å²) in [5.74, 6) is -0.960. The molecular formula is C24H20N2O3S. The molecule has 0 aromatic heterocycles. The van der Waals surface area contributed by atoms with E-state index in [0.29, 0.717) is 11.3 Å². The van der Waals surface area contributed by atoms with Crippen molar-refractivity contribution in [2.24, 2.45) is 0 Å². The molecule has 5 nitrogen and oxygen atoms in total. The summed E-state index contributed by atoms with van der Waals surface area (Å²) in [6, 6.07) is 27.5. The van der Waals surface area contributed by atoms with E-state index in [1.165, 1.54) is 18.7 Å². The van der Waals surface area contributed by atoms with Gasteiger partial charge >= 0.3 is 5.97 Å². The fraction of sp³-hybridized carbons (Fsp3) is 0.125. The van der Waals surface area contributed by atoms with Crippen molar-refractivity contribution in [1.82, 2.24) is 0 Å². The number of nitrogens with zero attached hydrogens (tertiary/aromatic N) is 1. The summed E-state index contributed by atoms with van der Waals surface area (Å²) in [7, 11) is 0. The van der Waals surface area contributed by atoms with E-state index in [-0.39, 0.29) is 0 Å². The molecule has 0 heterocycles. The van der Waals surface area contributed by atoms with Gasteiger partial charge in [0.1, 0.15) is 5.25 Å². The summed E-state index contributed by atoms with van der Waals surface area (Å²) in [6.45, 7) is 1.52. The van der Waals surface area contributed by atoms with Crippen LogP contribution in [0.25, 0.3) is 0 Å². The van der Waals surface area contributed by atoms with Crippen molar-refractivity contribution in [3.8, 4) is 6.07 Å². The molecule has 1 N–H and O–H groups in total. The van der Waals surface area contributed by atoms with Gasteiger partial charge in [0.25, 0.3) is 5.91 Å². The summed E-state index contributed by atoms with van der Waals surface area (Å²) in [5, 5.41) is 11.1. The lowest BCUT2D eigenvalue weighted by atomic mass is 10.1. The summed E-state index contributed by atoms with van der Waals surface area (Å²) in [4.78, 5) is 26.4. The molecule has 0 aliphatic rings. The predicted molar refractivity (Wildman–Crippen MR) is 117 cm³/mol. The molecule has 0 aliphatic carbocycles. The zero-order valence-electron chi connectivity index (χ0n) is 16.3. The van der Waals surface area contributed by atoms with Crippen LogP contribution in [-0.2, 0) is 14.3 Å². The number of carbonyl (C=O) groups excluding carboxylic acids is 2. The summed E-state index contributed by atoms with van der Waals surface area (Å²) >= 11 is 1.37. The number of hydrogen-bond acceptors (Lipinski definition) is 5. The molecule has 0 aliphatic heterocycles. The molecule has 3 aromatic rings. The molecule has 0 saturated heterocycles. The highest BCUT2D eigenvalue weighted by atomic mass is 32.2. The lowest BCUT2D eigenvalue weighted by molar-refractivity contribution is -0.152. The van der Waals surface area contributed by atoms with E-state index in [0.717, 1.165) is 10.5 Å². The van der Waals surface area contributed by atoms with Crippen LogP contribution < -0.4 is 5.32 Å². The Kier molecular flexibility index (Phi) is 7.25. The molecule has 3 rings (SSSR count). The average molecular weight is 417 g/mol. The summed E-state index contributed by atoms with van der Waals surface area (Å²) in [6.07, 6.45) is -0.995. The van der Waals surface area contributed by atoms with Crippen molar-refractivity contribution in [1.29, 1.82) is 5.26 Å². The Balaban J connectivity index is 1.71. The van der Waals surface area contributed by atoms with E-state index in [2.05, 4.69) is 5.32 Å². The maximum Gasteiger partial charge on any atom is 0.324 e. The lowest BCUT2D eigenvalue weighted by Crippen LogP contribution is -2.31. The van der Waals surface area contributed by atoms with Gasteiger partial charge in [-0.1, -0.05) is 54.6 Å². The molecule has 0 spiro atoms. The number of nitriles is 1. The molecule has 0 fully saturated rings. The lowest BCUT2D eigenvalue weighted by Gasteiger charge is -2.19. The number of esters is 1. The van der Waals surface area contributed by atoms with Crippen LogP contribution in [0.2, 0.25) is 0 Å². The van der Waals surface area contributed by atoms with E-state index in [4.69, 9.17) is 10.00 Å². The SMILES string of the molecule is C[C@@H](OC(=O)[C@@H](Sc1ccccc1)c1ccccc1)C(=O)Nc1cccc(C#N)c1. The number of anilines is 1. The van der Waals surface area contributed by atoms with Gasteiger partial charge in [-0.2, -0.15) is 5.26 Å². The second-order valence-electron chi connectivity index (χ2n) is 6.48. The van der Waals surface area contributed by atoms with Crippen LogP contribution >= 0.6 is 11.8 Å². The van der Waals surface area contributed by atoms with Gasteiger partial charge < -0.3 is 10.1 Å². The second kappa shape index (κ2) is 10.3. The normalized spacial score (nSPS) is 12.3. The fourth-order valence-electron chi connectivity index (χ4n) is 2.72. The highest BCUT2D eigenvalue weighted by Gasteiger charge is 2.27. The van der Waals surface area contributed by atoms with Gasteiger partial charge in [-0.3, -0.25) is 9.59 Å². The van der Waals surface area contributed by atoms with Crippen molar-refractivity contribution in [2.45, 2.75) is 23.2 Å². The molecule has 0 radical (unpaired) electrons. The summed E-state index contributed by atoms with van der Waals surface area (Å²) in [5.41, 5.74) is 1.70. The van der Waals surface area contributed by atoms with Gasteiger partial charge in [-0.25, -0.2) is 0 Å². The molecule has 1 amide bonds. The molecule has 0 saturated carbocycles. The van der Waals surface area contributed by atoms with E-state index >= 15 is 0 Å². The Morgan fingerprint density at radius 1 is 0.967 bits per heavy atom. The minimum absolute atomic E-state index is 0.431. The van der Waals surface area contributed by atoms with E-state index in [9.17, 15) is 9.59 Å². The minimum Gasteiger partial charge on any atom is -0.451 e.